The number of thiazole rings is 1. The summed E-state index contributed by atoms with van der Waals surface area (Å²) in [5, 5.41) is 1.99. The normalized spacial score (nSPS) is 16.6. The molecule has 2 amide bonds. The first kappa shape index (κ1) is 12.4. The maximum Gasteiger partial charge on any atom is 0.320 e. The van der Waals surface area contributed by atoms with Crippen LogP contribution in [-0.2, 0) is 6.54 Å². The molecule has 2 rings (SSSR count). The third-order valence-electron chi connectivity index (χ3n) is 3.09. The molecule has 0 aliphatic carbocycles. The lowest BCUT2D eigenvalue weighted by Gasteiger charge is -2.26. The van der Waals surface area contributed by atoms with Crippen molar-refractivity contribution < 1.29 is 4.79 Å². The van der Waals surface area contributed by atoms with E-state index in [4.69, 9.17) is 0 Å². The van der Waals surface area contributed by atoms with Crippen molar-refractivity contribution in [1.82, 2.24) is 14.8 Å². The molecule has 94 valence electrons. The molecule has 0 aromatic carbocycles. The molecule has 0 unspecified atom stereocenters. The first-order valence-corrected chi connectivity index (χ1v) is 7.09. The summed E-state index contributed by atoms with van der Waals surface area (Å²) >= 11 is 1.57. The number of amides is 2. The van der Waals surface area contributed by atoms with E-state index in [-0.39, 0.29) is 6.03 Å². The standard InChI is InChI=1S/C12H19N3OS/c1-14(8-11-9-17-10-13-11)12(16)15-6-4-2-3-5-7-15/h9-10H,2-8H2,1H3. The molecule has 1 aromatic heterocycles. The number of urea groups is 1. The zero-order valence-corrected chi connectivity index (χ0v) is 11.1. The molecule has 1 aliphatic heterocycles. The van der Waals surface area contributed by atoms with Crippen LogP contribution in [0, 0.1) is 0 Å². The second-order valence-electron chi connectivity index (χ2n) is 4.52. The lowest BCUT2D eigenvalue weighted by atomic mass is 10.2. The number of nitrogens with zero attached hydrogens (tertiary/aromatic N) is 3. The topological polar surface area (TPSA) is 36.4 Å². The summed E-state index contributed by atoms with van der Waals surface area (Å²) in [6, 6.07) is 0.139. The second kappa shape index (κ2) is 6.00. The highest BCUT2D eigenvalue weighted by atomic mass is 32.1. The molecule has 0 bridgehead atoms. The Morgan fingerprint density at radius 1 is 1.41 bits per heavy atom. The van der Waals surface area contributed by atoms with Crippen LogP contribution in [0.4, 0.5) is 4.79 Å². The van der Waals surface area contributed by atoms with Gasteiger partial charge in [0.25, 0.3) is 0 Å². The lowest BCUT2D eigenvalue weighted by molar-refractivity contribution is 0.162. The number of likely N-dealkylation sites (tertiary alicyclic amines) is 1. The van der Waals surface area contributed by atoms with Crippen LogP contribution in [0.1, 0.15) is 31.4 Å². The van der Waals surface area contributed by atoms with Gasteiger partial charge >= 0.3 is 6.03 Å². The molecule has 5 heteroatoms. The summed E-state index contributed by atoms with van der Waals surface area (Å²) in [5.74, 6) is 0. The molecule has 1 saturated heterocycles. The van der Waals surface area contributed by atoms with E-state index in [1.165, 1.54) is 12.8 Å². The van der Waals surface area contributed by atoms with E-state index in [9.17, 15) is 4.79 Å². The monoisotopic (exact) mass is 253 g/mol. The molecule has 2 heterocycles. The predicted molar refractivity (Wildman–Crippen MR) is 69.0 cm³/mol. The third-order valence-corrected chi connectivity index (χ3v) is 3.72. The Morgan fingerprint density at radius 2 is 2.12 bits per heavy atom. The number of hydrogen-bond donors (Lipinski definition) is 0. The average molecular weight is 253 g/mol. The third kappa shape index (κ3) is 3.43. The van der Waals surface area contributed by atoms with Crippen molar-refractivity contribution in [1.29, 1.82) is 0 Å². The van der Waals surface area contributed by atoms with E-state index in [0.717, 1.165) is 31.6 Å². The molecule has 17 heavy (non-hydrogen) atoms. The summed E-state index contributed by atoms with van der Waals surface area (Å²) in [6.07, 6.45) is 4.77. The summed E-state index contributed by atoms with van der Waals surface area (Å²) < 4.78 is 0. The maximum atomic E-state index is 12.2. The first-order chi connectivity index (χ1) is 8.27. The van der Waals surface area contributed by atoms with Gasteiger partial charge in [-0.15, -0.1) is 11.3 Å². The van der Waals surface area contributed by atoms with Gasteiger partial charge < -0.3 is 9.80 Å². The predicted octanol–water partition coefficient (Wildman–Crippen LogP) is 2.57. The summed E-state index contributed by atoms with van der Waals surface area (Å²) in [4.78, 5) is 20.1. The number of aromatic nitrogens is 1. The highest BCUT2D eigenvalue weighted by molar-refractivity contribution is 7.07. The van der Waals surface area contributed by atoms with Crippen molar-refractivity contribution in [2.45, 2.75) is 32.2 Å². The Balaban J connectivity index is 1.89. The number of hydrogen-bond acceptors (Lipinski definition) is 3. The summed E-state index contributed by atoms with van der Waals surface area (Å²) in [5.41, 5.74) is 2.78. The van der Waals surface area contributed by atoms with Crippen molar-refractivity contribution >= 4 is 17.4 Å². The Kier molecular flexibility index (Phi) is 4.36. The fourth-order valence-electron chi connectivity index (χ4n) is 2.13. The van der Waals surface area contributed by atoms with E-state index in [2.05, 4.69) is 4.98 Å². The second-order valence-corrected chi connectivity index (χ2v) is 5.24. The van der Waals surface area contributed by atoms with Crippen molar-refractivity contribution in [3.05, 3.63) is 16.6 Å². The minimum absolute atomic E-state index is 0.139. The lowest BCUT2D eigenvalue weighted by Crippen LogP contribution is -2.41. The van der Waals surface area contributed by atoms with E-state index >= 15 is 0 Å². The van der Waals surface area contributed by atoms with Gasteiger partial charge in [-0.2, -0.15) is 0 Å². The van der Waals surface area contributed by atoms with Gasteiger partial charge in [-0.3, -0.25) is 0 Å². The molecule has 0 spiro atoms. The Labute approximate surface area is 106 Å². The van der Waals surface area contributed by atoms with E-state index < -0.39 is 0 Å². The van der Waals surface area contributed by atoms with Crippen molar-refractivity contribution in [3.63, 3.8) is 0 Å². The molecule has 1 aromatic rings. The van der Waals surface area contributed by atoms with Crippen LogP contribution < -0.4 is 0 Å². The van der Waals surface area contributed by atoms with Crippen LogP contribution in [0.5, 0.6) is 0 Å². The van der Waals surface area contributed by atoms with Gasteiger partial charge in [-0.1, -0.05) is 12.8 Å². The Hall–Kier alpha value is -1.10. The molecular weight excluding hydrogens is 234 g/mol. The van der Waals surface area contributed by atoms with E-state index in [0.29, 0.717) is 6.54 Å². The minimum Gasteiger partial charge on any atom is -0.325 e. The SMILES string of the molecule is CN(Cc1cscn1)C(=O)N1CCCCCC1. The highest BCUT2D eigenvalue weighted by Gasteiger charge is 2.19. The van der Waals surface area contributed by atoms with Crippen molar-refractivity contribution in [2.24, 2.45) is 0 Å². The van der Waals surface area contributed by atoms with Crippen molar-refractivity contribution in [2.75, 3.05) is 20.1 Å². The fraction of sp³-hybridized carbons (Fsp3) is 0.667. The van der Waals surface area contributed by atoms with Gasteiger partial charge in [0.05, 0.1) is 17.7 Å². The fourth-order valence-corrected chi connectivity index (χ4v) is 2.68. The maximum absolute atomic E-state index is 12.2. The Morgan fingerprint density at radius 3 is 2.71 bits per heavy atom. The number of carbonyl (C=O) groups excluding carboxylic acids is 1. The molecule has 4 nitrogen and oxygen atoms in total. The van der Waals surface area contributed by atoms with Gasteiger partial charge in [0.2, 0.25) is 0 Å². The average Bonchev–Trinajstić information content (AvgIpc) is 2.68. The van der Waals surface area contributed by atoms with Gasteiger partial charge in [-0.05, 0) is 12.8 Å². The van der Waals surface area contributed by atoms with Crippen LogP contribution in [0.3, 0.4) is 0 Å². The van der Waals surface area contributed by atoms with Crippen LogP contribution in [0.15, 0.2) is 10.9 Å². The minimum atomic E-state index is 0.139. The summed E-state index contributed by atoms with van der Waals surface area (Å²) in [7, 11) is 1.85. The van der Waals surface area contributed by atoms with Crippen LogP contribution in [0.25, 0.3) is 0 Å². The molecule has 0 radical (unpaired) electrons. The number of rotatable bonds is 2. The molecule has 1 aliphatic rings. The van der Waals surface area contributed by atoms with E-state index in [1.54, 1.807) is 21.7 Å². The smallest absolute Gasteiger partial charge is 0.320 e. The number of carbonyl (C=O) groups is 1. The zero-order chi connectivity index (χ0) is 12.1. The summed E-state index contributed by atoms with van der Waals surface area (Å²) in [6.45, 7) is 2.42. The van der Waals surface area contributed by atoms with Gasteiger partial charge in [0, 0.05) is 25.5 Å². The van der Waals surface area contributed by atoms with E-state index in [1.807, 2.05) is 17.3 Å². The zero-order valence-electron chi connectivity index (χ0n) is 10.3. The van der Waals surface area contributed by atoms with Crippen LogP contribution in [0.2, 0.25) is 0 Å². The largest absolute Gasteiger partial charge is 0.325 e. The van der Waals surface area contributed by atoms with Gasteiger partial charge in [0.1, 0.15) is 0 Å². The molecule has 1 fully saturated rings. The van der Waals surface area contributed by atoms with Gasteiger partial charge in [0.15, 0.2) is 0 Å². The quantitative estimate of drug-likeness (QED) is 0.812. The molecule has 0 atom stereocenters. The van der Waals surface area contributed by atoms with Crippen LogP contribution >= 0.6 is 11.3 Å². The Bertz CT molecular complexity index is 345. The van der Waals surface area contributed by atoms with Gasteiger partial charge in [-0.25, -0.2) is 9.78 Å². The highest BCUT2D eigenvalue weighted by Crippen LogP contribution is 2.12. The van der Waals surface area contributed by atoms with Crippen LogP contribution in [-0.4, -0.2) is 41.0 Å². The molecule has 0 N–H and O–H groups in total. The molecular formula is C12H19N3OS. The van der Waals surface area contributed by atoms with Crippen molar-refractivity contribution in [3.8, 4) is 0 Å². The first-order valence-electron chi connectivity index (χ1n) is 6.14. The molecule has 0 saturated carbocycles.